The molecule has 32 heavy (non-hydrogen) atoms. The number of nitrogens with zero attached hydrogens (tertiary/aromatic N) is 2. The second-order valence-corrected chi connectivity index (χ2v) is 9.27. The molecule has 0 aliphatic carbocycles. The van der Waals surface area contributed by atoms with Crippen molar-refractivity contribution < 1.29 is 18.8 Å². The van der Waals surface area contributed by atoms with Crippen molar-refractivity contribution in [3.05, 3.63) is 46.8 Å². The van der Waals surface area contributed by atoms with Gasteiger partial charge < -0.3 is 19.5 Å². The van der Waals surface area contributed by atoms with Crippen molar-refractivity contribution in [3.8, 4) is 5.75 Å². The number of aryl methyl sites for hydroxylation is 3. The molecule has 3 heterocycles. The average Bonchev–Trinajstić information content (AvgIpc) is 3.13. The third-order valence-corrected chi connectivity index (χ3v) is 6.93. The molecule has 7 nitrogen and oxygen atoms in total. The molecule has 1 saturated heterocycles. The largest absolute Gasteiger partial charge is 0.491 e. The van der Waals surface area contributed by atoms with E-state index >= 15 is 0 Å². The highest BCUT2D eigenvalue weighted by molar-refractivity contribution is 5.96. The Kier molecular flexibility index (Phi) is 6.53. The fraction of sp³-hybridized carbons (Fsp3) is 0.560. The summed E-state index contributed by atoms with van der Waals surface area (Å²) in [5.41, 5.74) is 1.95. The maximum Gasteiger partial charge on any atom is 0.259 e. The summed E-state index contributed by atoms with van der Waals surface area (Å²) in [6.07, 6.45) is 5.08. The molecule has 2 amide bonds. The highest BCUT2D eigenvalue weighted by Gasteiger charge is 2.42. The van der Waals surface area contributed by atoms with Gasteiger partial charge in [-0.25, -0.2) is 0 Å². The van der Waals surface area contributed by atoms with Gasteiger partial charge in [-0.3, -0.25) is 9.59 Å². The molecule has 0 unspecified atom stereocenters. The first-order valence-electron chi connectivity index (χ1n) is 11.6. The van der Waals surface area contributed by atoms with Crippen LogP contribution in [0.3, 0.4) is 0 Å². The Balaban J connectivity index is 1.46. The highest BCUT2D eigenvalue weighted by Crippen LogP contribution is 2.38. The Morgan fingerprint density at radius 3 is 2.62 bits per heavy atom. The van der Waals surface area contributed by atoms with Gasteiger partial charge in [0.05, 0.1) is 17.2 Å². The van der Waals surface area contributed by atoms with Crippen LogP contribution in [0.25, 0.3) is 0 Å². The molecule has 0 bridgehead atoms. The molecule has 0 saturated carbocycles. The van der Waals surface area contributed by atoms with Crippen molar-refractivity contribution in [1.82, 2.24) is 15.4 Å². The Morgan fingerprint density at radius 2 is 1.91 bits per heavy atom. The molecule has 7 heteroatoms. The summed E-state index contributed by atoms with van der Waals surface area (Å²) in [6.45, 7) is 7.09. The van der Waals surface area contributed by atoms with Gasteiger partial charge >= 0.3 is 0 Å². The number of hydrogen-bond acceptors (Lipinski definition) is 5. The molecule has 2 aromatic rings. The predicted octanol–water partition coefficient (Wildman–Crippen LogP) is 3.82. The lowest BCUT2D eigenvalue weighted by atomic mass is 9.73. The number of amides is 2. The van der Waals surface area contributed by atoms with Crippen molar-refractivity contribution >= 4 is 11.8 Å². The molecule has 0 radical (unpaired) electrons. The number of piperidine rings is 1. The molecule has 1 N–H and O–H groups in total. The molecule has 1 atom stereocenters. The van der Waals surface area contributed by atoms with Crippen LogP contribution in [0.15, 0.2) is 28.8 Å². The monoisotopic (exact) mass is 439 g/mol. The second kappa shape index (κ2) is 9.35. The van der Waals surface area contributed by atoms with Crippen LogP contribution in [0.2, 0.25) is 0 Å². The Labute approximate surface area is 189 Å². The quantitative estimate of drug-likeness (QED) is 0.730. The van der Waals surface area contributed by atoms with Gasteiger partial charge in [-0.2, -0.15) is 0 Å². The van der Waals surface area contributed by atoms with Crippen LogP contribution in [0.4, 0.5) is 0 Å². The van der Waals surface area contributed by atoms with Crippen LogP contribution >= 0.6 is 0 Å². The summed E-state index contributed by atoms with van der Waals surface area (Å²) < 4.78 is 11.2. The molecule has 1 aromatic carbocycles. The van der Waals surface area contributed by atoms with E-state index in [2.05, 4.69) is 16.5 Å². The number of fused-ring (bicyclic) bond motifs is 1. The Bertz CT molecular complexity index is 956. The molecular weight excluding hydrogens is 406 g/mol. The summed E-state index contributed by atoms with van der Waals surface area (Å²) in [5.74, 6) is 1.50. The minimum absolute atomic E-state index is 0.0527. The van der Waals surface area contributed by atoms with E-state index in [0.717, 1.165) is 31.4 Å². The summed E-state index contributed by atoms with van der Waals surface area (Å²) in [4.78, 5) is 28.3. The zero-order valence-corrected chi connectivity index (χ0v) is 19.3. The van der Waals surface area contributed by atoms with E-state index in [-0.39, 0.29) is 17.9 Å². The van der Waals surface area contributed by atoms with Crippen molar-refractivity contribution in [3.63, 3.8) is 0 Å². The van der Waals surface area contributed by atoms with Gasteiger partial charge in [-0.1, -0.05) is 29.8 Å². The molecule has 4 rings (SSSR count). The predicted molar refractivity (Wildman–Crippen MR) is 121 cm³/mol. The molecule has 1 aromatic heterocycles. The van der Waals surface area contributed by atoms with Gasteiger partial charge in [0.2, 0.25) is 5.91 Å². The van der Waals surface area contributed by atoms with Crippen molar-refractivity contribution in [2.45, 2.75) is 65.3 Å². The number of aromatic nitrogens is 1. The molecule has 1 fully saturated rings. The maximum atomic E-state index is 13.4. The van der Waals surface area contributed by atoms with Crippen molar-refractivity contribution in [2.24, 2.45) is 5.41 Å². The Morgan fingerprint density at radius 1 is 1.16 bits per heavy atom. The third kappa shape index (κ3) is 4.52. The summed E-state index contributed by atoms with van der Waals surface area (Å²) in [6, 6.07) is 8.07. The van der Waals surface area contributed by atoms with Crippen LogP contribution in [-0.4, -0.2) is 47.6 Å². The fourth-order valence-electron chi connectivity index (χ4n) is 4.94. The number of hydrogen-bond donors (Lipinski definition) is 1. The normalized spacial score (nSPS) is 21.7. The zero-order valence-electron chi connectivity index (χ0n) is 19.3. The molecule has 1 spiro atoms. The first kappa shape index (κ1) is 22.4. The molecular formula is C25H33N3O4. The molecule has 2 aliphatic rings. The van der Waals surface area contributed by atoms with Crippen LogP contribution < -0.4 is 10.1 Å². The van der Waals surface area contributed by atoms with Gasteiger partial charge in [0.15, 0.2) is 0 Å². The maximum absolute atomic E-state index is 13.4. The van der Waals surface area contributed by atoms with Crippen LogP contribution in [0, 0.1) is 19.3 Å². The van der Waals surface area contributed by atoms with E-state index in [4.69, 9.17) is 9.26 Å². The van der Waals surface area contributed by atoms with Gasteiger partial charge in [0.25, 0.3) is 5.91 Å². The lowest BCUT2D eigenvalue weighted by Gasteiger charge is -2.41. The number of carbonyl (C=O) groups excluding carboxylic acids is 2. The van der Waals surface area contributed by atoms with E-state index in [1.807, 2.05) is 30.0 Å². The minimum atomic E-state index is -0.442. The number of para-hydroxylation sites is 1. The average molecular weight is 440 g/mol. The van der Waals surface area contributed by atoms with E-state index in [0.29, 0.717) is 49.6 Å². The van der Waals surface area contributed by atoms with Crippen LogP contribution in [0.1, 0.15) is 66.4 Å². The Hall–Kier alpha value is -2.83. The number of likely N-dealkylation sites (tertiary alicyclic amines) is 1. The zero-order chi connectivity index (χ0) is 22.7. The van der Waals surface area contributed by atoms with Crippen molar-refractivity contribution in [2.75, 3.05) is 19.7 Å². The molecule has 172 valence electrons. The highest BCUT2D eigenvalue weighted by atomic mass is 16.5. The smallest absolute Gasteiger partial charge is 0.259 e. The van der Waals surface area contributed by atoms with Gasteiger partial charge in [-0.05, 0) is 64.5 Å². The number of nitrogens with one attached hydrogen (secondary N) is 1. The molecule has 2 aliphatic heterocycles. The van der Waals surface area contributed by atoms with E-state index in [9.17, 15) is 9.59 Å². The number of ether oxygens (including phenoxy) is 1. The van der Waals surface area contributed by atoms with E-state index in [1.54, 1.807) is 13.8 Å². The number of carbonyl (C=O) groups is 2. The standard InChI is InChI=1S/C25H33N3O4/c1-17-16-31-21-10-5-4-8-20(21)9-6-7-11-25(24(30)26-17)12-14-28(15-13-25)23(29)22-18(2)27-32-19(22)3/h4-5,8,10,17H,6-7,9,11-16H2,1-3H3,(H,26,30)/t17-/m1/s1. The first-order valence-corrected chi connectivity index (χ1v) is 11.6. The fourth-order valence-corrected chi connectivity index (χ4v) is 4.94. The SMILES string of the molecule is Cc1noc(C)c1C(=O)N1CCC2(CCCCc3ccccc3OC[C@@H](C)NC2=O)CC1. The van der Waals surface area contributed by atoms with E-state index < -0.39 is 5.41 Å². The van der Waals surface area contributed by atoms with Crippen molar-refractivity contribution in [1.29, 1.82) is 0 Å². The van der Waals surface area contributed by atoms with Gasteiger partial charge in [-0.15, -0.1) is 0 Å². The van der Waals surface area contributed by atoms with Crippen LogP contribution in [-0.2, 0) is 11.2 Å². The third-order valence-electron chi connectivity index (χ3n) is 6.93. The summed E-state index contributed by atoms with van der Waals surface area (Å²) in [5, 5.41) is 7.10. The topological polar surface area (TPSA) is 84.7 Å². The van der Waals surface area contributed by atoms with Gasteiger partial charge in [0, 0.05) is 13.1 Å². The lowest BCUT2D eigenvalue weighted by Crippen LogP contribution is -2.52. The number of rotatable bonds is 1. The lowest BCUT2D eigenvalue weighted by molar-refractivity contribution is -0.135. The second-order valence-electron chi connectivity index (χ2n) is 9.27. The minimum Gasteiger partial charge on any atom is -0.491 e. The van der Waals surface area contributed by atoms with E-state index in [1.165, 1.54) is 5.56 Å². The number of benzene rings is 1. The summed E-state index contributed by atoms with van der Waals surface area (Å²) >= 11 is 0. The van der Waals surface area contributed by atoms with Crippen LogP contribution in [0.5, 0.6) is 5.75 Å². The van der Waals surface area contributed by atoms with Gasteiger partial charge in [0.1, 0.15) is 23.7 Å². The summed E-state index contributed by atoms with van der Waals surface area (Å²) in [7, 11) is 0. The first-order chi connectivity index (χ1) is 15.4.